The average Bonchev–Trinajstić information content (AvgIpc) is 2.20. The Morgan fingerprint density at radius 1 is 0.438 bits per heavy atom. The summed E-state index contributed by atoms with van der Waals surface area (Å²) >= 11 is 0. The molecule has 0 heteroatoms. The van der Waals surface area contributed by atoms with Crippen LogP contribution in [0.25, 0.3) is 0 Å². The monoisotopic (exact) mass is 226 g/mol. The summed E-state index contributed by atoms with van der Waals surface area (Å²) in [6.45, 7) is 14.2. The molecule has 16 heavy (non-hydrogen) atoms. The van der Waals surface area contributed by atoms with Crippen molar-refractivity contribution in [3.63, 3.8) is 0 Å². The summed E-state index contributed by atoms with van der Waals surface area (Å²) in [4.78, 5) is 0. The highest BCUT2D eigenvalue weighted by Gasteiger charge is 2.08. The molecule has 0 fully saturated rings. The first-order valence-corrected chi connectivity index (χ1v) is 7.41. The Kier molecular flexibility index (Phi) is 9.07. The third-order valence-electron chi connectivity index (χ3n) is 3.63. The van der Waals surface area contributed by atoms with Crippen molar-refractivity contribution in [1.82, 2.24) is 0 Å². The van der Waals surface area contributed by atoms with Crippen molar-refractivity contribution in [2.45, 2.75) is 80.1 Å². The molecule has 0 saturated carbocycles. The van der Waals surface area contributed by atoms with Crippen molar-refractivity contribution in [3.05, 3.63) is 0 Å². The van der Waals surface area contributed by atoms with Crippen LogP contribution in [0.1, 0.15) is 80.1 Å². The van der Waals surface area contributed by atoms with Crippen molar-refractivity contribution in [3.8, 4) is 0 Å². The van der Waals surface area contributed by atoms with E-state index in [9.17, 15) is 0 Å². The molecule has 0 saturated heterocycles. The lowest BCUT2D eigenvalue weighted by atomic mass is 9.89. The molecule has 0 aliphatic rings. The van der Waals surface area contributed by atoms with E-state index in [-0.39, 0.29) is 0 Å². The summed E-state index contributed by atoms with van der Waals surface area (Å²) < 4.78 is 0. The van der Waals surface area contributed by atoms with Crippen LogP contribution in [0.2, 0.25) is 0 Å². The van der Waals surface area contributed by atoms with Gasteiger partial charge in [-0.05, 0) is 23.7 Å². The van der Waals surface area contributed by atoms with Crippen LogP contribution in [0.15, 0.2) is 0 Å². The van der Waals surface area contributed by atoms with Gasteiger partial charge in [0.15, 0.2) is 0 Å². The van der Waals surface area contributed by atoms with Gasteiger partial charge in [-0.25, -0.2) is 0 Å². The summed E-state index contributed by atoms with van der Waals surface area (Å²) in [5.74, 6) is 3.62. The van der Waals surface area contributed by atoms with Crippen LogP contribution in [-0.4, -0.2) is 0 Å². The zero-order valence-electron chi connectivity index (χ0n) is 12.6. The van der Waals surface area contributed by atoms with E-state index in [0.29, 0.717) is 0 Å². The molecule has 0 aliphatic carbocycles. The molecule has 2 atom stereocenters. The van der Waals surface area contributed by atoms with Gasteiger partial charge in [-0.2, -0.15) is 0 Å². The highest BCUT2D eigenvalue weighted by Crippen LogP contribution is 2.22. The second-order valence-corrected chi connectivity index (χ2v) is 6.73. The molecule has 0 aliphatic heterocycles. The van der Waals surface area contributed by atoms with E-state index in [1.807, 2.05) is 0 Å². The highest BCUT2D eigenvalue weighted by molar-refractivity contribution is 4.61. The van der Waals surface area contributed by atoms with Gasteiger partial charge in [0, 0.05) is 0 Å². The first-order valence-electron chi connectivity index (χ1n) is 7.41. The topological polar surface area (TPSA) is 0 Å². The van der Waals surface area contributed by atoms with Crippen molar-refractivity contribution in [2.24, 2.45) is 23.7 Å². The van der Waals surface area contributed by atoms with Gasteiger partial charge in [-0.3, -0.25) is 0 Å². The fourth-order valence-electron chi connectivity index (χ4n) is 2.09. The third-order valence-corrected chi connectivity index (χ3v) is 3.63. The predicted octanol–water partition coefficient (Wildman–Crippen LogP) is 5.91. The maximum absolute atomic E-state index is 2.43. The van der Waals surface area contributed by atoms with Gasteiger partial charge in [-0.1, -0.05) is 80.1 Å². The van der Waals surface area contributed by atoms with Crippen LogP contribution in [0.4, 0.5) is 0 Å². The molecule has 0 rings (SSSR count). The standard InChI is InChI=1S/C16H34/c1-13(2)7-9-15(5)11-12-16(6)10-8-14(3)4/h13-16H,7-12H2,1-6H3. The third kappa shape index (κ3) is 10.5. The van der Waals surface area contributed by atoms with Crippen molar-refractivity contribution in [1.29, 1.82) is 0 Å². The van der Waals surface area contributed by atoms with E-state index in [1.165, 1.54) is 38.5 Å². The fraction of sp³-hybridized carbons (Fsp3) is 1.00. The summed E-state index contributed by atoms with van der Waals surface area (Å²) in [6, 6.07) is 0. The van der Waals surface area contributed by atoms with E-state index in [1.54, 1.807) is 0 Å². The smallest absolute Gasteiger partial charge is 0.0443 e. The lowest BCUT2D eigenvalue weighted by Gasteiger charge is -2.17. The lowest BCUT2D eigenvalue weighted by molar-refractivity contribution is 0.359. The number of rotatable bonds is 9. The Morgan fingerprint density at radius 3 is 0.938 bits per heavy atom. The van der Waals surface area contributed by atoms with E-state index in [2.05, 4.69) is 41.5 Å². The normalized spacial score (nSPS) is 15.8. The molecule has 98 valence electrons. The Morgan fingerprint density at radius 2 is 0.688 bits per heavy atom. The average molecular weight is 226 g/mol. The van der Waals surface area contributed by atoms with Gasteiger partial charge >= 0.3 is 0 Å². The molecule has 0 aromatic heterocycles. The molecular formula is C16H34. The summed E-state index contributed by atoms with van der Waals surface area (Å²) in [6.07, 6.45) is 8.53. The molecule has 0 aromatic rings. The van der Waals surface area contributed by atoms with E-state index >= 15 is 0 Å². The van der Waals surface area contributed by atoms with Gasteiger partial charge < -0.3 is 0 Å². The zero-order valence-corrected chi connectivity index (χ0v) is 12.6. The first-order chi connectivity index (χ1) is 7.41. The molecule has 0 spiro atoms. The second-order valence-electron chi connectivity index (χ2n) is 6.73. The van der Waals surface area contributed by atoms with Crippen molar-refractivity contribution in [2.75, 3.05) is 0 Å². The second kappa shape index (κ2) is 9.07. The summed E-state index contributed by atoms with van der Waals surface area (Å²) in [7, 11) is 0. The van der Waals surface area contributed by atoms with Crippen molar-refractivity contribution >= 4 is 0 Å². The maximum atomic E-state index is 2.43. The van der Waals surface area contributed by atoms with Gasteiger partial charge in [0.25, 0.3) is 0 Å². The highest BCUT2D eigenvalue weighted by atomic mass is 14.1. The van der Waals surface area contributed by atoms with Crippen LogP contribution in [0.5, 0.6) is 0 Å². The molecule has 0 bridgehead atoms. The molecule has 0 radical (unpaired) electrons. The van der Waals surface area contributed by atoms with Crippen LogP contribution >= 0.6 is 0 Å². The van der Waals surface area contributed by atoms with E-state index in [0.717, 1.165) is 23.7 Å². The Bertz CT molecular complexity index is 128. The molecule has 0 N–H and O–H groups in total. The minimum absolute atomic E-state index is 0.876. The lowest BCUT2D eigenvalue weighted by Crippen LogP contribution is -2.03. The Labute approximate surface area is 104 Å². The molecule has 0 amide bonds. The van der Waals surface area contributed by atoms with E-state index in [4.69, 9.17) is 0 Å². The number of hydrogen-bond acceptors (Lipinski definition) is 0. The molecular weight excluding hydrogens is 192 g/mol. The van der Waals surface area contributed by atoms with Gasteiger partial charge in [0.2, 0.25) is 0 Å². The molecule has 0 aromatic carbocycles. The van der Waals surface area contributed by atoms with Crippen LogP contribution in [0, 0.1) is 23.7 Å². The van der Waals surface area contributed by atoms with Gasteiger partial charge in [0.05, 0.1) is 0 Å². The predicted molar refractivity (Wildman–Crippen MR) is 75.7 cm³/mol. The van der Waals surface area contributed by atoms with Crippen LogP contribution in [0.3, 0.4) is 0 Å². The first kappa shape index (κ1) is 16.0. The van der Waals surface area contributed by atoms with Crippen molar-refractivity contribution < 1.29 is 0 Å². The Balaban J connectivity index is 3.47. The molecule has 0 nitrogen and oxygen atoms in total. The SMILES string of the molecule is CC(C)CCC(C)CCC(C)CCC(C)C. The maximum Gasteiger partial charge on any atom is -0.0443 e. The minimum atomic E-state index is 0.876. The zero-order chi connectivity index (χ0) is 12.6. The molecule has 0 heterocycles. The number of hydrogen-bond donors (Lipinski definition) is 0. The largest absolute Gasteiger partial charge is 0.0628 e. The van der Waals surface area contributed by atoms with E-state index < -0.39 is 0 Å². The van der Waals surface area contributed by atoms with Crippen LogP contribution in [-0.2, 0) is 0 Å². The van der Waals surface area contributed by atoms with Crippen LogP contribution < -0.4 is 0 Å². The Hall–Kier alpha value is 0. The summed E-state index contributed by atoms with van der Waals surface area (Å²) in [5.41, 5.74) is 0. The summed E-state index contributed by atoms with van der Waals surface area (Å²) in [5, 5.41) is 0. The minimum Gasteiger partial charge on any atom is -0.0628 e. The quantitative estimate of drug-likeness (QED) is 0.458. The van der Waals surface area contributed by atoms with Gasteiger partial charge in [-0.15, -0.1) is 0 Å². The fourth-order valence-corrected chi connectivity index (χ4v) is 2.09. The molecule has 2 unspecified atom stereocenters. The van der Waals surface area contributed by atoms with Gasteiger partial charge in [0.1, 0.15) is 0 Å².